The van der Waals surface area contributed by atoms with Crippen molar-refractivity contribution in [3.63, 3.8) is 0 Å². The third kappa shape index (κ3) is 3.88. The van der Waals surface area contributed by atoms with Crippen LogP contribution in [-0.4, -0.2) is 34.8 Å². The van der Waals surface area contributed by atoms with Crippen molar-refractivity contribution in [2.75, 3.05) is 18.4 Å². The zero-order chi connectivity index (χ0) is 19.5. The lowest BCUT2D eigenvalue weighted by Gasteiger charge is -2.32. The first-order valence-electron chi connectivity index (χ1n) is 9.62. The first-order chi connectivity index (χ1) is 13.6. The van der Waals surface area contributed by atoms with Crippen LogP contribution in [0, 0.1) is 12.8 Å². The zero-order valence-corrected chi connectivity index (χ0v) is 15.9. The summed E-state index contributed by atoms with van der Waals surface area (Å²) in [5.74, 6) is 0.235. The standard InChI is InChI=1S/C23H23N3O2/c1-16-8-11-21(24-14-16)25-22(27)20-7-4-12-26(15-20)23(28)19-10-9-17-5-2-3-6-18(17)13-19/h2-3,5-6,8-11,13-14,20H,4,7,12,15H2,1H3,(H,24,25,27)/t20-/m1/s1. The predicted octanol–water partition coefficient (Wildman–Crippen LogP) is 4.03. The van der Waals surface area contributed by atoms with Crippen molar-refractivity contribution >= 4 is 28.4 Å². The predicted molar refractivity (Wildman–Crippen MR) is 110 cm³/mol. The zero-order valence-electron chi connectivity index (χ0n) is 15.9. The molecule has 2 aromatic carbocycles. The van der Waals surface area contributed by atoms with Gasteiger partial charge in [0.25, 0.3) is 5.91 Å². The molecule has 4 rings (SSSR count). The molecule has 3 aromatic rings. The van der Waals surface area contributed by atoms with Crippen LogP contribution in [0.1, 0.15) is 28.8 Å². The number of anilines is 1. The molecule has 0 aliphatic carbocycles. The number of nitrogens with zero attached hydrogens (tertiary/aromatic N) is 2. The molecule has 0 bridgehead atoms. The van der Waals surface area contributed by atoms with Gasteiger partial charge in [0.1, 0.15) is 5.82 Å². The van der Waals surface area contributed by atoms with Gasteiger partial charge in [-0.05, 0) is 54.3 Å². The molecular weight excluding hydrogens is 350 g/mol. The van der Waals surface area contributed by atoms with Crippen LogP contribution in [0.5, 0.6) is 0 Å². The van der Waals surface area contributed by atoms with E-state index in [1.807, 2.05) is 55.5 Å². The average Bonchev–Trinajstić information content (AvgIpc) is 2.74. The Kier molecular flexibility index (Phi) is 5.06. The summed E-state index contributed by atoms with van der Waals surface area (Å²) in [7, 11) is 0. The minimum Gasteiger partial charge on any atom is -0.338 e. The summed E-state index contributed by atoms with van der Waals surface area (Å²) < 4.78 is 0. The van der Waals surface area contributed by atoms with E-state index in [-0.39, 0.29) is 17.7 Å². The van der Waals surface area contributed by atoms with E-state index in [0.717, 1.165) is 29.2 Å². The third-order valence-corrected chi connectivity index (χ3v) is 5.24. The van der Waals surface area contributed by atoms with E-state index in [1.54, 1.807) is 17.2 Å². The van der Waals surface area contributed by atoms with Crippen molar-refractivity contribution < 1.29 is 9.59 Å². The summed E-state index contributed by atoms with van der Waals surface area (Å²) in [5, 5.41) is 5.03. The molecule has 0 unspecified atom stereocenters. The van der Waals surface area contributed by atoms with Crippen LogP contribution in [0.4, 0.5) is 5.82 Å². The number of aryl methyl sites for hydroxylation is 1. The number of aromatic nitrogens is 1. The van der Waals surface area contributed by atoms with E-state index in [0.29, 0.717) is 24.5 Å². The number of nitrogens with one attached hydrogen (secondary N) is 1. The molecule has 1 saturated heterocycles. The molecule has 28 heavy (non-hydrogen) atoms. The molecule has 1 aliphatic heterocycles. The first-order valence-corrected chi connectivity index (χ1v) is 9.62. The van der Waals surface area contributed by atoms with E-state index in [9.17, 15) is 9.59 Å². The van der Waals surface area contributed by atoms with Crippen molar-refractivity contribution in [1.29, 1.82) is 0 Å². The molecule has 1 N–H and O–H groups in total. The van der Waals surface area contributed by atoms with Gasteiger partial charge in [-0.25, -0.2) is 4.98 Å². The monoisotopic (exact) mass is 373 g/mol. The van der Waals surface area contributed by atoms with E-state index in [1.165, 1.54) is 0 Å². The maximum atomic E-state index is 13.0. The van der Waals surface area contributed by atoms with Gasteiger partial charge in [-0.3, -0.25) is 9.59 Å². The smallest absolute Gasteiger partial charge is 0.253 e. The number of hydrogen-bond acceptors (Lipinski definition) is 3. The highest BCUT2D eigenvalue weighted by Gasteiger charge is 2.29. The van der Waals surface area contributed by atoms with Crippen molar-refractivity contribution in [1.82, 2.24) is 9.88 Å². The third-order valence-electron chi connectivity index (χ3n) is 5.24. The highest BCUT2D eigenvalue weighted by Crippen LogP contribution is 2.22. The normalized spacial score (nSPS) is 16.8. The quantitative estimate of drug-likeness (QED) is 0.754. The minimum absolute atomic E-state index is 0.0169. The van der Waals surface area contributed by atoms with Crippen molar-refractivity contribution in [3.8, 4) is 0 Å². The number of amides is 2. The number of hydrogen-bond donors (Lipinski definition) is 1. The Labute approximate surface area is 164 Å². The van der Waals surface area contributed by atoms with Crippen LogP contribution in [0.15, 0.2) is 60.8 Å². The number of piperidine rings is 1. The number of carbonyl (C=O) groups excluding carboxylic acids is 2. The number of benzene rings is 2. The van der Waals surface area contributed by atoms with Gasteiger partial charge in [0, 0.05) is 24.8 Å². The molecule has 1 fully saturated rings. The van der Waals surface area contributed by atoms with Crippen LogP contribution in [0.2, 0.25) is 0 Å². The molecule has 1 aromatic heterocycles. The summed E-state index contributed by atoms with van der Waals surface area (Å²) in [6.45, 7) is 3.07. The Hall–Kier alpha value is -3.21. The van der Waals surface area contributed by atoms with E-state index in [4.69, 9.17) is 0 Å². The number of fused-ring (bicyclic) bond motifs is 1. The van der Waals surface area contributed by atoms with Gasteiger partial charge in [-0.2, -0.15) is 0 Å². The SMILES string of the molecule is Cc1ccc(NC(=O)[C@@H]2CCCN(C(=O)c3ccc4ccccc4c3)C2)nc1. The van der Waals surface area contributed by atoms with Gasteiger partial charge in [0.05, 0.1) is 5.92 Å². The van der Waals surface area contributed by atoms with Gasteiger partial charge in [-0.15, -0.1) is 0 Å². The number of pyridine rings is 1. The summed E-state index contributed by atoms with van der Waals surface area (Å²) in [4.78, 5) is 31.7. The fourth-order valence-electron chi connectivity index (χ4n) is 3.65. The van der Waals surface area contributed by atoms with Crippen LogP contribution < -0.4 is 5.32 Å². The fourth-order valence-corrected chi connectivity index (χ4v) is 3.65. The van der Waals surface area contributed by atoms with Gasteiger partial charge in [0.15, 0.2) is 0 Å². The van der Waals surface area contributed by atoms with Crippen LogP contribution in [-0.2, 0) is 4.79 Å². The van der Waals surface area contributed by atoms with E-state index < -0.39 is 0 Å². The summed E-state index contributed by atoms with van der Waals surface area (Å²) >= 11 is 0. The van der Waals surface area contributed by atoms with Gasteiger partial charge < -0.3 is 10.2 Å². The van der Waals surface area contributed by atoms with Gasteiger partial charge in [0.2, 0.25) is 5.91 Å². The molecule has 0 spiro atoms. The molecule has 0 radical (unpaired) electrons. The van der Waals surface area contributed by atoms with Crippen LogP contribution in [0.25, 0.3) is 10.8 Å². The van der Waals surface area contributed by atoms with E-state index in [2.05, 4.69) is 10.3 Å². The number of rotatable bonds is 3. The molecule has 5 heteroatoms. The molecule has 5 nitrogen and oxygen atoms in total. The first kappa shape index (κ1) is 18.2. The van der Waals surface area contributed by atoms with Crippen LogP contribution >= 0.6 is 0 Å². The molecule has 2 heterocycles. The molecule has 1 atom stereocenters. The Balaban J connectivity index is 1.45. The minimum atomic E-state index is -0.221. The second-order valence-electron chi connectivity index (χ2n) is 7.36. The van der Waals surface area contributed by atoms with Crippen LogP contribution in [0.3, 0.4) is 0 Å². The largest absolute Gasteiger partial charge is 0.338 e. The summed E-state index contributed by atoms with van der Waals surface area (Å²) in [6.07, 6.45) is 3.32. The lowest BCUT2D eigenvalue weighted by atomic mass is 9.96. The molecular formula is C23H23N3O2. The lowest BCUT2D eigenvalue weighted by Crippen LogP contribution is -2.43. The Morgan fingerprint density at radius 3 is 2.68 bits per heavy atom. The average molecular weight is 373 g/mol. The van der Waals surface area contributed by atoms with E-state index >= 15 is 0 Å². The molecule has 0 saturated carbocycles. The Morgan fingerprint density at radius 1 is 1.07 bits per heavy atom. The highest BCUT2D eigenvalue weighted by atomic mass is 16.2. The second kappa shape index (κ2) is 7.80. The lowest BCUT2D eigenvalue weighted by molar-refractivity contribution is -0.121. The highest BCUT2D eigenvalue weighted by molar-refractivity contribution is 5.99. The second-order valence-corrected chi connectivity index (χ2v) is 7.36. The summed E-state index contributed by atoms with van der Waals surface area (Å²) in [5.41, 5.74) is 1.71. The Bertz CT molecular complexity index is 1010. The number of carbonyl (C=O) groups is 2. The van der Waals surface area contributed by atoms with Crippen molar-refractivity contribution in [2.24, 2.45) is 5.92 Å². The van der Waals surface area contributed by atoms with Crippen molar-refractivity contribution in [2.45, 2.75) is 19.8 Å². The fraction of sp³-hybridized carbons (Fsp3) is 0.261. The molecule has 1 aliphatic rings. The Morgan fingerprint density at radius 2 is 1.89 bits per heavy atom. The van der Waals surface area contributed by atoms with Crippen molar-refractivity contribution in [3.05, 3.63) is 71.9 Å². The molecule has 2 amide bonds. The topological polar surface area (TPSA) is 62.3 Å². The number of likely N-dealkylation sites (tertiary alicyclic amines) is 1. The van der Waals surface area contributed by atoms with Gasteiger partial charge >= 0.3 is 0 Å². The van der Waals surface area contributed by atoms with Gasteiger partial charge in [-0.1, -0.05) is 36.4 Å². The summed E-state index contributed by atoms with van der Waals surface area (Å²) in [6, 6.07) is 17.5. The maximum absolute atomic E-state index is 13.0. The maximum Gasteiger partial charge on any atom is 0.253 e. The molecule has 142 valence electrons.